The van der Waals surface area contributed by atoms with E-state index in [1.54, 1.807) is 0 Å². The molecule has 0 atom stereocenters. The lowest BCUT2D eigenvalue weighted by Crippen LogP contribution is -2.28. The molecule has 1 aromatic heterocycles. The molecule has 1 heterocycles. The van der Waals surface area contributed by atoms with Crippen LogP contribution in [0, 0.1) is 20.8 Å². The summed E-state index contributed by atoms with van der Waals surface area (Å²) in [6.07, 6.45) is 1.06. The molecular formula is C28H31N3O2. The minimum atomic E-state index is 0.0326. The Labute approximate surface area is 195 Å². The third-order valence-corrected chi connectivity index (χ3v) is 6.14. The molecule has 1 N–H and O–H groups in total. The van der Waals surface area contributed by atoms with Crippen molar-refractivity contribution in [1.29, 1.82) is 0 Å². The van der Waals surface area contributed by atoms with Gasteiger partial charge in [0.2, 0.25) is 5.91 Å². The lowest BCUT2D eigenvalue weighted by atomic mass is 10.1. The summed E-state index contributed by atoms with van der Waals surface area (Å²) in [7, 11) is 0. The minimum Gasteiger partial charge on any atom is -0.491 e. The molecule has 5 nitrogen and oxygen atoms in total. The summed E-state index contributed by atoms with van der Waals surface area (Å²) in [5.41, 5.74) is 6.64. The molecule has 33 heavy (non-hydrogen) atoms. The molecule has 3 aromatic carbocycles. The molecule has 0 saturated carbocycles. The predicted molar refractivity (Wildman–Crippen MR) is 133 cm³/mol. The first-order valence-electron chi connectivity index (χ1n) is 11.5. The largest absolute Gasteiger partial charge is 0.491 e. The van der Waals surface area contributed by atoms with Crippen LogP contribution in [0.5, 0.6) is 5.75 Å². The highest BCUT2D eigenvalue weighted by molar-refractivity contribution is 5.79. The Hall–Kier alpha value is -3.60. The maximum atomic E-state index is 12.4. The molecular weight excluding hydrogens is 410 g/mol. The maximum Gasteiger partial charge on any atom is 0.224 e. The third kappa shape index (κ3) is 5.43. The molecule has 0 bridgehead atoms. The van der Waals surface area contributed by atoms with Crippen LogP contribution in [0.3, 0.4) is 0 Å². The molecule has 0 spiro atoms. The van der Waals surface area contributed by atoms with Gasteiger partial charge in [-0.3, -0.25) is 4.79 Å². The summed E-state index contributed by atoms with van der Waals surface area (Å²) in [5, 5.41) is 3.05. The van der Waals surface area contributed by atoms with E-state index in [9.17, 15) is 4.79 Å². The first kappa shape index (κ1) is 22.6. The molecule has 4 aromatic rings. The molecule has 0 radical (unpaired) electrons. The number of nitrogens with one attached hydrogen (secondary N) is 1. The highest BCUT2D eigenvalue weighted by Gasteiger charge is 2.12. The second-order valence-corrected chi connectivity index (χ2v) is 8.42. The Morgan fingerprint density at radius 1 is 0.939 bits per heavy atom. The number of fused-ring (bicyclic) bond motifs is 1. The number of imidazole rings is 1. The zero-order chi connectivity index (χ0) is 23.2. The summed E-state index contributed by atoms with van der Waals surface area (Å²) < 4.78 is 8.30. The Bertz CT molecular complexity index is 1260. The summed E-state index contributed by atoms with van der Waals surface area (Å²) in [5.74, 6) is 1.91. The van der Waals surface area contributed by atoms with Crippen molar-refractivity contribution in [1.82, 2.24) is 14.9 Å². The molecule has 0 saturated heterocycles. The number of hydrogen-bond donors (Lipinski definition) is 1. The first-order chi connectivity index (χ1) is 16.0. The number of rotatable bonds is 9. The Morgan fingerprint density at radius 2 is 1.70 bits per heavy atom. The normalized spacial score (nSPS) is 11.0. The average Bonchev–Trinajstić information content (AvgIpc) is 3.15. The van der Waals surface area contributed by atoms with Crippen molar-refractivity contribution in [2.24, 2.45) is 0 Å². The van der Waals surface area contributed by atoms with E-state index >= 15 is 0 Å². The van der Waals surface area contributed by atoms with E-state index in [0.717, 1.165) is 33.7 Å². The molecule has 0 aliphatic heterocycles. The smallest absolute Gasteiger partial charge is 0.224 e. The van der Waals surface area contributed by atoms with E-state index in [1.165, 1.54) is 11.1 Å². The number of aryl methyl sites for hydroxylation is 2. The van der Waals surface area contributed by atoms with E-state index in [1.807, 2.05) is 61.5 Å². The first-order valence-corrected chi connectivity index (χ1v) is 11.5. The van der Waals surface area contributed by atoms with Crippen molar-refractivity contribution < 1.29 is 9.53 Å². The van der Waals surface area contributed by atoms with Gasteiger partial charge in [0.05, 0.1) is 24.0 Å². The van der Waals surface area contributed by atoms with Crippen molar-refractivity contribution in [2.45, 2.75) is 40.2 Å². The van der Waals surface area contributed by atoms with Gasteiger partial charge in [-0.2, -0.15) is 0 Å². The van der Waals surface area contributed by atoms with Gasteiger partial charge in [0.25, 0.3) is 0 Å². The Kier molecular flexibility index (Phi) is 7.08. The van der Waals surface area contributed by atoms with E-state index in [4.69, 9.17) is 9.72 Å². The summed E-state index contributed by atoms with van der Waals surface area (Å²) in [6, 6.07) is 22.3. The number of carbonyl (C=O) groups is 1. The van der Waals surface area contributed by atoms with Gasteiger partial charge in [0, 0.05) is 13.0 Å². The molecule has 4 rings (SSSR count). The summed E-state index contributed by atoms with van der Waals surface area (Å²) in [4.78, 5) is 17.3. The second-order valence-electron chi connectivity index (χ2n) is 8.42. The highest BCUT2D eigenvalue weighted by atomic mass is 16.5. The topological polar surface area (TPSA) is 56.2 Å². The number of amides is 1. The number of nitrogens with zero attached hydrogens (tertiary/aromatic N) is 2. The quantitative estimate of drug-likeness (QED) is 0.400. The minimum absolute atomic E-state index is 0.0326. The lowest BCUT2D eigenvalue weighted by molar-refractivity contribution is -0.120. The van der Waals surface area contributed by atoms with Crippen LogP contribution >= 0.6 is 0 Å². The van der Waals surface area contributed by atoms with Crippen molar-refractivity contribution in [3.63, 3.8) is 0 Å². The van der Waals surface area contributed by atoms with Gasteiger partial charge in [0.1, 0.15) is 18.2 Å². The van der Waals surface area contributed by atoms with E-state index in [0.29, 0.717) is 32.5 Å². The number of ether oxygens (including phenoxy) is 1. The monoisotopic (exact) mass is 441 g/mol. The van der Waals surface area contributed by atoms with E-state index in [-0.39, 0.29) is 5.91 Å². The molecule has 0 fully saturated rings. The molecule has 1 amide bonds. The summed E-state index contributed by atoms with van der Waals surface area (Å²) >= 11 is 0. The fourth-order valence-electron chi connectivity index (χ4n) is 4.05. The highest BCUT2D eigenvalue weighted by Crippen LogP contribution is 2.21. The molecule has 0 unspecified atom stereocenters. The van der Waals surface area contributed by atoms with Gasteiger partial charge in [-0.25, -0.2) is 4.98 Å². The van der Waals surface area contributed by atoms with Gasteiger partial charge >= 0.3 is 0 Å². The summed E-state index contributed by atoms with van der Waals surface area (Å²) in [6.45, 7) is 8.01. The van der Waals surface area contributed by atoms with Crippen LogP contribution in [0.25, 0.3) is 11.0 Å². The van der Waals surface area contributed by atoms with Crippen LogP contribution in [0.2, 0.25) is 0 Å². The van der Waals surface area contributed by atoms with Crippen molar-refractivity contribution in [3.05, 3.63) is 94.8 Å². The third-order valence-electron chi connectivity index (χ3n) is 6.14. The van der Waals surface area contributed by atoms with Gasteiger partial charge < -0.3 is 14.6 Å². The van der Waals surface area contributed by atoms with Crippen molar-refractivity contribution >= 4 is 16.9 Å². The van der Waals surface area contributed by atoms with Crippen LogP contribution < -0.4 is 10.1 Å². The molecule has 0 aliphatic carbocycles. The zero-order valence-corrected chi connectivity index (χ0v) is 19.6. The number of hydrogen-bond acceptors (Lipinski definition) is 3. The number of carbonyl (C=O) groups excluding carboxylic acids is 1. The SMILES string of the molecule is Cc1ccccc1CC(=O)NCCc1nc2ccccc2n1CCOc1cccc(C)c1C. The fraction of sp³-hybridized carbons (Fsp3) is 0.286. The van der Waals surface area contributed by atoms with E-state index in [2.05, 4.69) is 35.9 Å². The lowest BCUT2D eigenvalue weighted by Gasteiger charge is -2.13. The van der Waals surface area contributed by atoms with Gasteiger partial charge in [0.15, 0.2) is 0 Å². The standard InChI is InChI=1S/C28H31N3O2/c1-20-10-8-14-26(22(20)3)33-18-17-31-25-13-7-6-12-24(25)30-27(31)15-16-29-28(32)19-23-11-5-4-9-21(23)2/h4-14H,15-19H2,1-3H3,(H,29,32). The van der Waals surface area contributed by atoms with Crippen molar-refractivity contribution in [3.8, 4) is 5.75 Å². The van der Waals surface area contributed by atoms with Crippen LogP contribution in [0.1, 0.15) is 28.1 Å². The van der Waals surface area contributed by atoms with Crippen LogP contribution in [0.15, 0.2) is 66.7 Å². The van der Waals surface area contributed by atoms with Gasteiger partial charge in [-0.15, -0.1) is 0 Å². The fourth-order valence-corrected chi connectivity index (χ4v) is 4.05. The maximum absolute atomic E-state index is 12.4. The second kappa shape index (κ2) is 10.3. The average molecular weight is 442 g/mol. The molecule has 170 valence electrons. The van der Waals surface area contributed by atoms with Crippen molar-refractivity contribution in [2.75, 3.05) is 13.2 Å². The van der Waals surface area contributed by atoms with Gasteiger partial charge in [-0.1, -0.05) is 48.5 Å². The van der Waals surface area contributed by atoms with Crippen LogP contribution in [-0.4, -0.2) is 28.6 Å². The Morgan fingerprint density at radius 3 is 2.55 bits per heavy atom. The van der Waals surface area contributed by atoms with Crippen LogP contribution in [0.4, 0.5) is 0 Å². The number of aromatic nitrogens is 2. The molecule has 0 aliphatic rings. The van der Waals surface area contributed by atoms with Crippen LogP contribution in [-0.2, 0) is 24.2 Å². The number of para-hydroxylation sites is 2. The van der Waals surface area contributed by atoms with E-state index < -0.39 is 0 Å². The Balaban J connectivity index is 1.40. The molecule has 5 heteroatoms. The van der Waals surface area contributed by atoms with Gasteiger partial charge in [-0.05, 0) is 61.2 Å². The number of benzene rings is 3. The predicted octanol–water partition coefficient (Wildman–Crippen LogP) is 4.94. The zero-order valence-electron chi connectivity index (χ0n) is 19.6.